The number of aliphatic imine (C=N–C) groups is 1. The average Bonchev–Trinajstić information content (AvgIpc) is 3.51. The maximum atomic E-state index is 15.0. The average molecular weight is 453 g/mol. The third kappa shape index (κ3) is 3.06. The number of thioether (sulfide) groups is 1. The number of aromatic nitrogens is 3. The summed E-state index contributed by atoms with van der Waals surface area (Å²) < 4.78 is 29.1. The van der Waals surface area contributed by atoms with E-state index in [9.17, 15) is 13.9 Å². The van der Waals surface area contributed by atoms with Crippen molar-refractivity contribution in [3.8, 4) is 6.07 Å². The molecular formula is C21H17F2N7OS. The van der Waals surface area contributed by atoms with Crippen molar-refractivity contribution in [1.82, 2.24) is 15.0 Å². The van der Waals surface area contributed by atoms with Gasteiger partial charge in [-0.25, -0.2) is 23.7 Å². The number of nitriles is 1. The number of hydrogen-bond acceptors (Lipinski definition) is 9. The van der Waals surface area contributed by atoms with Gasteiger partial charge in [0.15, 0.2) is 22.6 Å². The van der Waals surface area contributed by atoms with Crippen molar-refractivity contribution >= 4 is 39.5 Å². The largest absolute Gasteiger partial charge is 0.395 e. The molecule has 0 radical (unpaired) electrons. The summed E-state index contributed by atoms with van der Waals surface area (Å²) in [4.78, 5) is 16.9. The molecule has 1 aliphatic heterocycles. The van der Waals surface area contributed by atoms with Crippen LogP contribution < -0.4 is 11.1 Å². The summed E-state index contributed by atoms with van der Waals surface area (Å²) in [6, 6.07) is 6.05. The lowest BCUT2D eigenvalue weighted by molar-refractivity contribution is 0.264. The zero-order chi connectivity index (χ0) is 22.7. The SMILES string of the molecule is C[C@]1(c2cc(Nc3ncnc4cc(C#N)cnc34)cc(F)c2F)N=C(N)S[C@@]2(CO)C[C@H]21. The molecule has 0 saturated heterocycles. The summed E-state index contributed by atoms with van der Waals surface area (Å²) >= 11 is 1.28. The molecule has 8 nitrogen and oxygen atoms in total. The van der Waals surface area contributed by atoms with Crippen LogP contribution in [0.3, 0.4) is 0 Å². The van der Waals surface area contributed by atoms with Gasteiger partial charge < -0.3 is 16.2 Å². The molecule has 1 aromatic carbocycles. The van der Waals surface area contributed by atoms with Crippen LogP contribution in [0.25, 0.3) is 11.0 Å². The van der Waals surface area contributed by atoms with Gasteiger partial charge in [0.25, 0.3) is 0 Å². The highest BCUT2D eigenvalue weighted by Gasteiger charge is 2.66. The van der Waals surface area contributed by atoms with Crippen LogP contribution >= 0.6 is 11.8 Å². The second-order valence-corrected chi connectivity index (χ2v) is 9.49. The van der Waals surface area contributed by atoms with E-state index in [1.54, 1.807) is 13.0 Å². The van der Waals surface area contributed by atoms with Crippen molar-refractivity contribution in [3.05, 3.63) is 53.5 Å². The quantitative estimate of drug-likeness (QED) is 0.549. The smallest absolute Gasteiger partial charge is 0.164 e. The van der Waals surface area contributed by atoms with Gasteiger partial charge in [-0.05, 0) is 25.5 Å². The highest BCUT2D eigenvalue weighted by atomic mass is 32.2. The van der Waals surface area contributed by atoms with E-state index in [1.807, 2.05) is 6.07 Å². The standard InChI is InChI=1S/C21H17F2N7OS/c1-20(15-5-21(15,8-31)32-19(25)30-20)12-3-11(4-13(22)16(12)23)29-18-17-14(27-9-28-18)2-10(6-24)7-26-17/h2-4,7,9,15,31H,5,8H2,1H3,(H2,25,30)(H,27,28,29)/t15-,20+,21+/m0/s1. The second-order valence-electron chi connectivity index (χ2n) is 8.05. The Morgan fingerprint density at radius 1 is 1.31 bits per heavy atom. The fourth-order valence-electron chi connectivity index (χ4n) is 4.37. The Hall–Kier alpha value is -3.36. The number of pyridine rings is 1. The molecule has 11 heteroatoms. The fraction of sp³-hybridized carbons (Fsp3) is 0.286. The molecular weight excluding hydrogens is 436 g/mol. The first-order valence-electron chi connectivity index (χ1n) is 9.72. The van der Waals surface area contributed by atoms with Gasteiger partial charge in [-0.3, -0.25) is 4.99 Å². The Morgan fingerprint density at radius 2 is 2.12 bits per heavy atom. The lowest BCUT2D eigenvalue weighted by Crippen LogP contribution is -2.37. The van der Waals surface area contributed by atoms with Gasteiger partial charge in [0.05, 0.1) is 28.0 Å². The van der Waals surface area contributed by atoms with Crippen molar-refractivity contribution < 1.29 is 13.9 Å². The number of fused-ring (bicyclic) bond motifs is 2. The van der Waals surface area contributed by atoms with Gasteiger partial charge in [-0.1, -0.05) is 11.8 Å². The molecule has 2 aliphatic rings. The molecule has 5 rings (SSSR count). The second kappa shape index (κ2) is 7.08. The van der Waals surface area contributed by atoms with Crippen molar-refractivity contribution in [3.63, 3.8) is 0 Å². The van der Waals surface area contributed by atoms with Crippen molar-refractivity contribution in [2.24, 2.45) is 16.6 Å². The molecule has 162 valence electrons. The molecule has 0 amide bonds. The minimum atomic E-state index is -1.13. The summed E-state index contributed by atoms with van der Waals surface area (Å²) in [7, 11) is 0. The monoisotopic (exact) mass is 453 g/mol. The molecule has 1 aliphatic carbocycles. The van der Waals surface area contributed by atoms with Gasteiger partial charge in [-0.2, -0.15) is 5.26 Å². The van der Waals surface area contributed by atoms with E-state index >= 15 is 0 Å². The molecule has 1 saturated carbocycles. The topological polar surface area (TPSA) is 133 Å². The first-order chi connectivity index (χ1) is 15.3. The zero-order valence-corrected chi connectivity index (χ0v) is 17.6. The molecule has 3 heterocycles. The van der Waals surface area contributed by atoms with Crippen LogP contribution in [0, 0.1) is 28.9 Å². The van der Waals surface area contributed by atoms with Crippen LogP contribution in [0.15, 0.2) is 35.7 Å². The van der Waals surface area contributed by atoms with Crippen molar-refractivity contribution in [2.45, 2.75) is 23.6 Å². The minimum Gasteiger partial charge on any atom is -0.395 e. The van der Waals surface area contributed by atoms with E-state index < -0.39 is 21.9 Å². The molecule has 0 unspecified atom stereocenters. The third-order valence-corrected chi connectivity index (χ3v) is 7.35. The number of aliphatic hydroxyl groups is 1. The number of anilines is 2. The molecule has 3 aromatic rings. The summed E-state index contributed by atoms with van der Waals surface area (Å²) in [6.07, 6.45) is 3.27. The number of nitrogens with zero attached hydrogens (tertiary/aromatic N) is 5. The van der Waals surface area contributed by atoms with Gasteiger partial charge >= 0.3 is 0 Å². The Labute approximate surface area is 185 Å². The Kier molecular flexibility index (Phi) is 4.54. The summed E-state index contributed by atoms with van der Waals surface area (Å²) in [5, 5.41) is 22.1. The predicted molar refractivity (Wildman–Crippen MR) is 116 cm³/mol. The molecule has 0 bridgehead atoms. The normalized spacial score (nSPS) is 26.2. The van der Waals surface area contributed by atoms with E-state index in [-0.39, 0.29) is 34.8 Å². The van der Waals surface area contributed by atoms with Gasteiger partial charge in [-0.15, -0.1) is 0 Å². The highest BCUT2D eigenvalue weighted by Crippen LogP contribution is 2.65. The number of amidine groups is 1. The van der Waals surface area contributed by atoms with Crippen LogP contribution in [0.4, 0.5) is 20.3 Å². The number of halogens is 2. The number of benzene rings is 1. The molecule has 32 heavy (non-hydrogen) atoms. The maximum Gasteiger partial charge on any atom is 0.164 e. The first kappa shape index (κ1) is 20.5. The van der Waals surface area contributed by atoms with Crippen LogP contribution in [0.5, 0.6) is 0 Å². The van der Waals surface area contributed by atoms with Crippen LogP contribution in [0.1, 0.15) is 24.5 Å². The van der Waals surface area contributed by atoms with Crippen LogP contribution in [-0.2, 0) is 5.54 Å². The van der Waals surface area contributed by atoms with Crippen molar-refractivity contribution in [1.29, 1.82) is 5.26 Å². The highest BCUT2D eigenvalue weighted by molar-refractivity contribution is 8.15. The van der Waals surface area contributed by atoms with E-state index in [0.29, 0.717) is 23.0 Å². The van der Waals surface area contributed by atoms with Gasteiger partial charge in [0.1, 0.15) is 17.9 Å². The first-order valence-corrected chi connectivity index (χ1v) is 10.5. The minimum absolute atomic E-state index is 0.0432. The number of aliphatic hydroxyl groups excluding tert-OH is 1. The Bertz CT molecular complexity index is 1340. The molecule has 3 atom stereocenters. The Balaban J connectivity index is 1.58. The summed E-state index contributed by atoms with van der Waals surface area (Å²) in [5.41, 5.74) is 6.29. The third-order valence-electron chi connectivity index (χ3n) is 6.06. The van der Waals surface area contributed by atoms with E-state index in [1.165, 1.54) is 30.4 Å². The van der Waals surface area contributed by atoms with Crippen LogP contribution in [0.2, 0.25) is 0 Å². The summed E-state index contributed by atoms with van der Waals surface area (Å²) in [5.74, 6) is -1.97. The van der Waals surface area contributed by atoms with Gasteiger partial charge in [0, 0.05) is 29.4 Å². The van der Waals surface area contributed by atoms with Gasteiger partial charge in [0.2, 0.25) is 0 Å². The summed E-state index contributed by atoms with van der Waals surface area (Å²) in [6.45, 7) is 1.58. The zero-order valence-electron chi connectivity index (χ0n) is 16.8. The number of nitrogens with one attached hydrogen (secondary N) is 1. The maximum absolute atomic E-state index is 15.0. The van der Waals surface area contributed by atoms with E-state index in [2.05, 4.69) is 25.3 Å². The van der Waals surface area contributed by atoms with E-state index in [4.69, 9.17) is 11.0 Å². The molecule has 4 N–H and O–H groups in total. The Morgan fingerprint density at radius 3 is 2.88 bits per heavy atom. The number of hydrogen-bond donors (Lipinski definition) is 3. The lowest BCUT2D eigenvalue weighted by atomic mass is 9.85. The molecule has 0 spiro atoms. The van der Waals surface area contributed by atoms with Crippen molar-refractivity contribution in [2.75, 3.05) is 11.9 Å². The predicted octanol–water partition coefficient (Wildman–Crippen LogP) is 2.95. The molecule has 2 aromatic heterocycles. The molecule has 1 fully saturated rings. The van der Waals surface area contributed by atoms with E-state index in [0.717, 1.165) is 6.07 Å². The lowest BCUT2D eigenvalue weighted by Gasteiger charge is -2.34. The number of rotatable bonds is 4. The number of nitrogens with two attached hydrogens (primary N) is 1. The fourth-order valence-corrected chi connectivity index (χ4v) is 5.70. The van der Waals surface area contributed by atoms with Crippen LogP contribution in [-0.4, -0.2) is 36.6 Å².